The van der Waals surface area contributed by atoms with Crippen LogP contribution >= 0.6 is 11.3 Å². The molecular formula is C17H19N7OS. The molecule has 1 fully saturated rings. The topological polar surface area (TPSA) is 90.0 Å². The van der Waals surface area contributed by atoms with Gasteiger partial charge in [-0.1, -0.05) is 0 Å². The minimum absolute atomic E-state index is 0.147. The van der Waals surface area contributed by atoms with Crippen LogP contribution in [0.15, 0.2) is 42.3 Å². The first-order chi connectivity index (χ1) is 12.7. The van der Waals surface area contributed by atoms with E-state index in [-0.39, 0.29) is 12.1 Å². The van der Waals surface area contributed by atoms with Crippen LogP contribution in [-0.2, 0) is 0 Å². The number of likely N-dealkylation sites (N-methyl/N-ethyl adjacent to an activating group) is 1. The number of anilines is 2. The third-order valence-corrected chi connectivity index (χ3v) is 5.38. The van der Waals surface area contributed by atoms with Crippen LogP contribution in [0.1, 0.15) is 6.42 Å². The van der Waals surface area contributed by atoms with Gasteiger partial charge in [-0.25, -0.2) is 9.78 Å². The second-order valence-electron chi connectivity index (χ2n) is 6.13. The Kier molecular flexibility index (Phi) is 4.53. The van der Waals surface area contributed by atoms with Gasteiger partial charge in [0.15, 0.2) is 0 Å². The molecule has 2 N–H and O–H groups in total. The van der Waals surface area contributed by atoms with E-state index in [1.807, 2.05) is 24.6 Å². The fraction of sp³-hybridized carbons (Fsp3) is 0.294. The highest BCUT2D eigenvalue weighted by Gasteiger charge is 2.29. The quantitative estimate of drug-likeness (QED) is 0.738. The van der Waals surface area contributed by atoms with Gasteiger partial charge in [-0.15, -0.1) is 11.3 Å². The third-order valence-electron chi connectivity index (χ3n) is 4.59. The lowest BCUT2D eigenvalue weighted by molar-refractivity contribution is 0.208. The average Bonchev–Trinajstić information content (AvgIpc) is 3.42. The van der Waals surface area contributed by atoms with E-state index < -0.39 is 0 Å². The molecule has 0 spiro atoms. The van der Waals surface area contributed by atoms with Gasteiger partial charge in [0.25, 0.3) is 0 Å². The molecule has 26 heavy (non-hydrogen) atoms. The minimum Gasteiger partial charge on any atom is -0.369 e. The Morgan fingerprint density at radius 3 is 3.00 bits per heavy atom. The number of aromatic amines is 1. The van der Waals surface area contributed by atoms with Crippen molar-refractivity contribution in [3.05, 3.63) is 42.3 Å². The number of urea groups is 1. The van der Waals surface area contributed by atoms with E-state index >= 15 is 0 Å². The number of hydrogen-bond donors (Lipinski definition) is 2. The number of carbonyl (C=O) groups excluding carboxylic acids is 1. The van der Waals surface area contributed by atoms with Crippen LogP contribution in [0.25, 0.3) is 10.7 Å². The summed E-state index contributed by atoms with van der Waals surface area (Å²) in [7, 11) is 1.83. The summed E-state index contributed by atoms with van der Waals surface area (Å²) in [5.74, 6) is 0. The smallest absolute Gasteiger partial charge is 0.322 e. The second-order valence-corrected chi connectivity index (χ2v) is 7.03. The lowest BCUT2D eigenvalue weighted by Crippen LogP contribution is -2.41. The van der Waals surface area contributed by atoms with Crippen LogP contribution in [0.2, 0.25) is 0 Å². The number of thiazole rings is 1. The van der Waals surface area contributed by atoms with Crippen LogP contribution in [0.3, 0.4) is 0 Å². The van der Waals surface area contributed by atoms with E-state index in [1.165, 1.54) is 11.3 Å². The van der Waals surface area contributed by atoms with Gasteiger partial charge in [0.2, 0.25) is 0 Å². The molecule has 0 saturated carbocycles. The Morgan fingerprint density at radius 2 is 2.23 bits per heavy atom. The van der Waals surface area contributed by atoms with Crippen molar-refractivity contribution in [3.63, 3.8) is 0 Å². The Hall–Kier alpha value is -2.94. The van der Waals surface area contributed by atoms with E-state index in [2.05, 4.69) is 30.4 Å². The van der Waals surface area contributed by atoms with Gasteiger partial charge in [-0.3, -0.25) is 10.1 Å². The maximum Gasteiger partial charge on any atom is 0.322 e. The third kappa shape index (κ3) is 3.25. The molecule has 3 aromatic rings. The predicted octanol–water partition coefficient (Wildman–Crippen LogP) is 2.67. The maximum atomic E-state index is 12.7. The van der Waals surface area contributed by atoms with Crippen LogP contribution in [0.5, 0.6) is 0 Å². The number of amides is 2. The number of pyridine rings is 1. The zero-order valence-corrected chi connectivity index (χ0v) is 15.1. The van der Waals surface area contributed by atoms with Gasteiger partial charge in [0.05, 0.1) is 17.9 Å². The van der Waals surface area contributed by atoms with Crippen molar-refractivity contribution in [2.24, 2.45) is 0 Å². The zero-order valence-electron chi connectivity index (χ0n) is 14.3. The van der Waals surface area contributed by atoms with Crippen LogP contribution in [0, 0.1) is 0 Å². The molecule has 2 amide bonds. The van der Waals surface area contributed by atoms with Gasteiger partial charge in [0, 0.05) is 49.8 Å². The van der Waals surface area contributed by atoms with Gasteiger partial charge in [-0.05, 0) is 18.6 Å². The van der Waals surface area contributed by atoms with Crippen LogP contribution in [-0.4, -0.2) is 57.3 Å². The number of rotatable bonds is 4. The van der Waals surface area contributed by atoms with Gasteiger partial charge < -0.3 is 15.1 Å². The van der Waals surface area contributed by atoms with E-state index in [9.17, 15) is 4.79 Å². The van der Waals surface area contributed by atoms with E-state index in [0.717, 1.165) is 35.9 Å². The molecule has 1 saturated heterocycles. The first-order valence-corrected chi connectivity index (χ1v) is 9.22. The lowest BCUT2D eigenvalue weighted by Gasteiger charge is -2.25. The molecule has 1 unspecified atom stereocenters. The molecule has 0 aromatic carbocycles. The minimum atomic E-state index is -0.147. The largest absolute Gasteiger partial charge is 0.369 e. The first-order valence-electron chi connectivity index (χ1n) is 8.34. The Labute approximate surface area is 154 Å². The fourth-order valence-electron chi connectivity index (χ4n) is 3.11. The van der Waals surface area contributed by atoms with E-state index in [0.29, 0.717) is 5.69 Å². The molecular weight excluding hydrogens is 350 g/mol. The number of aromatic nitrogens is 4. The molecule has 4 heterocycles. The normalized spacial score (nSPS) is 16.7. The molecule has 8 nitrogen and oxygen atoms in total. The maximum absolute atomic E-state index is 12.7. The average molecular weight is 369 g/mol. The fourth-order valence-corrected chi connectivity index (χ4v) is 3.75. The SMILES string of the molecule is CN(C(=O)Nc1cn[nH]c1-c1nccs1)C1CCN(c2ccncc2)C1. The summed E-state index contributed by atoms with van der Waals surface area (Å²) >= 11 is 1.49. The summed E-state index contributed by atoms with van der Waals surface area (Å²) in [4.78, 5) is 25.0. The molecule has 9 heteroatoms. The lowest BCUT2D eigenvalue weighted by atomic mass is 10.2. The first kappa shape index (κ1) is 16.5. The Balaban J connectivity index is 1.41. The summed E-state index contributed by atoms with van der Waals surface area (Å²) in [6, 6.07) is 3.99. The molecule has 0 radical (unpaired) electrons. The number of hydrogen-bond acceptors (Lipinski definition) is 6. The summed E-state index contributed by atoms with van der Waals surface area (Å²) in [6.07, 6.45) is 7.85. The summed E-state index contributed by atoms with van der Waals surface area (Å²) in [6.45, 7) is 1.72. The second kappa shape index (κ2) is 7.12. The summed E-state index contributed by atoms with van der Waals surface area (Å²) in [5, 5.41) is 12.6. The zero-order chi connectivity index (χ0) is 17.9. The van der Waals surface area contributed by atoms with Gasteiger partial charge in [0.1, 0.15) is 10.7 Å². The highest BCUT2D eigenvalue weighted by molar-refractivity contribution is 7.13. The highest BCUT2D eigenvalue weighted by atomic mass is 32.1. The molecule has 0 bridgehead atoms. The highest BCUT2D eigenvalue weighted by Crippen LogP contribution is 2.28. The number of nitrogens with one attached hydrogen (secondary N) is 2. The van der Waals surface area contributed by atoms with Crippen LogP contribution in [0.4, 0.5) is 16.2 Å². The Bertz CT molecular complexity index is 864. The van der Waals surface area contributed by atoms with Crippen molar-refractivity contribution in [2.45, 2.75) is 12.5 Å². The van der Waals surface area contributed by atoms with Crippen LogP contribution < -0.4 is 10.2 Å². The van der Waals surface area contributed by atoms with Crippen molar-refractivity contribution in [3.8, 4) is 10.7 Å². The Morgan fingerprint density at radius 1 is 1.38 bits per heavy atom. The molecule has 134 valence electrons. The van der Waals surface area contributed by atoms with Crippen molar-refractivity contribution >= 4 is 28.7 Å². The predicted molar refractivity (Wildman–Crippen MR) is 101 cm³/mol. The monoisotopic (exact) mass is 369 g/mol. The molecule has 3 aromatic heterocycles. The summed E-state index contributed by atoms with van der Waals surface area (Å²) < 4.78 is 0. The molecule has 1 aliphatic heterocycles. The van der Waals surface area contributed by atoms with E-state index in [1.54, 1.807) is 29.7 Å². The molecule has 4 rings (SSSR count). The van der Waals surface area contributed by atoms with Crippen molar-refractivity contribution < 1.29 is 4.79 Å². The van der Waals surface area contributed by atoms with Gasteiger partial charge in [-0.2, -0.15) is 5.10 Å². The van der Waals surface area contributed by atoms with Crippen molar-refractivity contribution in [2.75, 3.05) is 30.4 Å². The number of carbonyl (C=O) groups is 1. The molecule has 1 aliphatic rings. The molecule has 0 aliphatic carbocycles. The van der Waals surface area contributed by atoms with Gasteiger partial charge >= 0.3 is 6.03 Å². The van der Waals surface area contributed by atoms with E-state index in [4.69, 9.17) is 0 Å². The standard InChI is InChI=1S/C17H19N7OS/c1-23(13-4-8-24(11-13)12-2-5-18-6-3-12)17(25)21-14-10-20-22-15(14)16-19-7-9-26-16/h2-3,5-7,9-10,13H,4,8,11H2,1H3,(H,20,22)(H,21,25). The van der Waals surface area contributed by atoms with Crippen molar-refractivity contribution in [1.82, 2.24) is 25.1 Å². The number of nitrogens with zero attached hydrogens (tertiary/aromatic N) is 5. The summed E-state index contributed by atoms with van der Waals surface area (Å²) in [5.41, 5.74) is 2.50. The number of H-pyrrole nitrogens is 1. The van der Waals surface area contributed by atoms with Crippen molar-refractivity contribution in [1.29, 1.82) is 0 Å². The molecule has 1 atom stereocenters.